The summed E-state index contributed by atoms with van der Waals surface area (Å²) < 4.78 is 10.7. The zero-order chi connectivity index (χ0) is 17.1. The van der Waals surface area contributed by atoms with Crippen LogP contribution in [-0.2, 0) is 0 Å². The van der Waals surface area contributed by atoms with Crippen molar-refractivity contribution in [1.82, 2.24) is 5.43 Å². The van der Waals surface area contributed by atoms with Gasteiger partial charge in [0.25, 0.3) is 5.91 Å². The summed E-state index contributed by atoms with van der Waals surface area (Å²) in [6, 6.07) is 10.2. The fraction of sp³-hybridized carbons (Fsp3) is 0.0588. The summed E-state index contributed by atoms with van der Waals surface area (Å²) in [6.45, 7) is 1.70. The highest BCUT2D eigenvalue weighted by molar-refractivity contribution is 6.35. The minimum absolute atomic E-state index is 0.359. The van der Waals surface area contributed by atoms with Gasteiger partial charge in [-0.2, -0.15) is 5.10 Å². The molecule has 3 rings (SSSR count). The largest absolute Gasteiger partial charge is 0.469 e. The number of halogens is 2. The highest BCUT2D eigenvalue weighted by Gasteiger charge is 2.11. The number of furan rings is 2. The van der Waals surface area contributed by atoms with Gasteiger partial charge >= 0.3 is 0 Å². The van der Waals surface area contributed by atoms with Gasteiger partial charge in [-0.3, -0.25) is 4.79 Å². The number of aryl methyl sites for hydroxylation is 1. The Labute approximate surface area is 147 Å². The summed E-state index contributed by atoms with van der Waals surface area (Å²) in [5.74, 6) is 1.19. The Morgan fingerprint density at radius 3 is 2.79 bits per heavy atom. The number of nitrogens with one attached hydrogen (secondary N) is 1. The first-order valence-electron chi connectivity index (χ1n) is 6.97. The van der Waals surface area contributed by atoms with E-state index in [2.05, 4.69) is 10.5 Å². The molecule has 0 saturated carbocycles. The van der Waals surface area contributed by atoms with Gasteiger partial charge in [0.05, 0.1) is 23.1 Å². The minimum Gasteiger partial charge on any atom is -0.469 e. The molecule has 0 spiro atoms. The van der Waals surface area contributed by atoms with Gasteiger partial charge in [-0.05, 0) is 43.3 Å². The zero-order valence-corrected chi connectivity index (χ0v) is 14.1. The van der Waals surface area contributed by atoms with Crippen molar-refractivity contribution in [3.63, 3.8) is 0 Å². The van der Waals surface area contributed by atoms with E-state index in [4.69, 9.17) is 32.0 Å². The predicted molar refractivity (Wildman–Crippen MR) is 92.7 cm³/mol. The molecule has 2 aromatic heterocycles. The molecule has 0 aliphatic carbocycles. The molecule has 1 amide bonds. The van der Waals surface area contributed by atoms with Gasteiger partial charge in [0.1, 0.15) is 17.3 Å². The molecule has 0 atom stereocenters. The number of hydrogen-bond acceptors (Lipinski definition) is 4. The van der Waals surface area contributed by atoms with E-state index >= 15 is 0 Å². The van der Waals surface area contributed by atoms with Gasteiger partial charge in [-0.1, -0.05) is 23.2 Å². The van der Waals surface area contributed by atoms with Crippen molar-refractivity contribution in [1.29, 1.82) is 0 Å². The summed E-state index contributed by atoms with van der Waals surface area (Å²) >= 11 is 12.1. The fourth-order valence-electron chi connectivity index (χ4n) is 2.09. The van der Waals surface area contributed by atoms with E-state index < -0.39 is 0 Å². The number of nitrogens with zero attached hydrogens (tertiary/aromatic N) is 1. The van der Waals surface area contributed by atoms with Crippen molar-refractivity contribution in [2.24, 2.45) is 5.10 Å². The van der Waals surface area contributed by atoms with Crippen LogP contribution < -0.4 is 5.43 Å². The Morgan fingerprint density at radius 1 is 1.21 bits per heavy atom. The average Bonchev–Trinajstić information content (AvgIpc) is 3.18. The molecule has 2 heterocycles. The molecule has 3 aromatic rings. The second kappa shape index (κ2) is 6.95. The van der Waals surface area contributed by atoms with Crippen LogP contribution in [0.25, 0.3) is 11.3 Å². The van der Waals surface area contributed by atoms with Crippen LogP contribution in [0.4, 0.5) is 0 Å². The molecule has 0 aliphatic rings. The summed E-state index contributed by atoms with van der Waals surface area (Å²) in [4.78, 5) is 11.9. The first kappa shape index (κ1) is 16.4. The Hall–Kier alpha value is -2.50. The first-order valence-corrected chi connectivity index (χ1v) is 7.73. The molecular weight excluding hydrogens is 351 g/mol. The van der Waals surface area contributed by atoms with Crippen molar-refractivity contribution in [2.45, 2.75) is 6.92 Å². The Bertz CT molecular complexity index is 912. The van der Waals surface area contributed by atoms with E-state index in [0.29, 0.717) is 38.5 Å². The Morgan fingerprint density at radius 2 is 2.04 bits per heavy atom. The summed E-state index contributed by atoms with van der Waals surface area (Å²) in [7, 11) is 0. The molecule has 5 nitrogen and oxygen atoms in total. The normalized spacial score (nSPS) is 11.1. The molecule has 0 radical (unpaired) electrons. The van der Waals surface area contributed by atoms with Gasteiger partial charge in [0.15, 0.2) is 0 Å². The molecule has 0 fully saturated rings. The quantitative estimate of drug-likeness (QED) is 0.529. The standard InChI is InChI=1S/C17H12Cl2N2O3/c1-10-13(6-7-23-10)17(22)21-20-9-12-3-5-16(24-12)14-8-11(18)2-4-15(14)19/h2-9H,1H3,(H,21,22)/b20-9-. The van der Waals surface area contributed by atoms with Crippen LogP contribution in [0.15, 0.2) is 56.6 Å². The average molecular weight is 363 g/mol. The molecule has 1 aromatic carbocycles. The third-order valence-corrected chi connectivity index (χ3v) is 3.85. The first-order chi connectivity index (χ1) is 11.5. The van der Waals surface area contributed by atoms with Gasteiger partial charge in [0.2, 0.25) is 0 Å². The number of carbonyl (C=O) groups is 1. The Kier molecular flexibility index (Phi) is 4.74. The van der Waals surface area contributed by atoms with E-state index in [1.807, 2.05) is 0 Å². The lowest BCUT2D eigenvalue weighted by Gasteiger charge is -2.01. The van der Waals surface area contributed by atoms with Crippen molar-refractivity contribution in [3.05, 3.63) is 69.8 Å². The van der Waals surface area contributed by atoms with Crippen molar-refractivity contribution < 1.29 is 13.6 Å². The molecule has 24 heavy (non-hydrogen) atoms. The summed E-state index contributed by atoms with van der Waals surface area (Å²) in [5, 5.41) is 4.95. The Balaban J connectivity index is 1.71. The van der Waals surface area contributed by atoms with Gasteiger partial charge in [-0.25, -0.2) is 5.43 Å². The van der Waals surface area contributed by atoms with Crippen LogP contribution in [0, 0.1) is 6.92 Å². The second-order valence-electron chi connectivity index (χ2n) is 4.92. The topological polar surface area (TPSA) is 67.7 Å². The third-order valence-electron chi connectivity index (χ3n) is 3.28. The molecule has 7 heteroatoms. The molecule has 0 unspecified atom stereocenters. The molecule has 0 bridgehead atoms. The monoisotopic (exact) mass is 362 g/mol. The second-order valence-corrected chi connectivity index (χ2v) is 5.76. The lowest BCUT2D eigenvalue weighted by molar-refractivity contribution is 0.0953. The maximum atomic E-state index is 11.9. The summed E-state index contributed by atoms with van der Waals surface area (Å²) in [6.07, 6.45) is 2.84. The number of benzene rings is 1. The molecule has 122 valence electrons. The number of carbonyl (C=O) groups excluding carboxylic acids is 1. The highest BCUT2D eigenvalue weighted by atomic mass is 35.5. The molecule has 0 aliphatic heterocycles. The fourth-order valence-corrected chi connectivity index (χ4v) is 2.47. The lowest BCUT2D eigenvalue weighted by atomic mass is 10.2. The van der Waals surface area contributed by atoms with Gasteiger partial charge in [-0.15, -0.1) is 0 Å². The maximum absolute atomic E-state index is 11.9. The number of amides is 1. The van der Waals surface area contributed by atoms with Crippen LogP contribution in [0.2, 0.25) is 10.0 Å². The highest BCUT2D eigenvalue weighted by Crippen LogP contribution is 2.31. The van der Waals surface area contributed by atoms with Gasteiger partial charge in [0, 0.05) is 10.6 Å². The number of hydrazone groups is 1. The van der Waals surface area contributed by atoms with Crippen LogP contribution in [-0.4, -0.2) is 12.1 Å². The van der Waals surface area contributed by atoms with Crippen LogP contribution in [0.5, 0.6) is 0 Å². The molecule has 1 N–H and O–H groups in total. The van der Waals surface area contributed by atoms with Crippen molar-refractivity contribution >= 4 is 35.3 Å². The van der Waals surface area contributed by atoms with Crippen molar-refractivity contribution in [3.8, 4) is 11.3 Å². The van der Waals surface area contributed by atoms with E-state index in [9.17, 15) is 4.79 Å². The van der Waals surface area contributed by atoms with Crippen LogP contribution >= 0.6 is 23.2 Å². The molecular formula is C17H12Cl2N2O3. The van der Waals surface area contributed by atoms with E-state index in [0.717, 1.165) is 0 Å². The molecule has 0 saturated heterocycles. The number of hydrogen-bond donors (Lipinski definition) is 1. The maximum Gasteiger partial charge on any atom is 0.274 e. The third kappa shape index (κ3) is 3.53. The number of rotatable bonds is 4. The van der Waals surface area contributed by atoms with E-state index in [-0.39, 0.29) is 5.91 Å². The zero-order valence-electron chi connectivity index (χ0n) is 12.5. The SMILES string of the molecule is Cc1occc1C(=O)N/N=C\c1ccc(-c2cc(Cl)ccc2Cl)o1. The lowest BCUT2D eigenvalue weighted by Crippen LogP contribution is -2.17. The van der Waals surface area contributed by atoms with E-state index in [1.54, 1.807) is 43.3 Å². The minimum atomic E-state index is -0.359. The van der Waals surface area contributed by atoms with Gasteiger partial charge < -0.3 is 8.83 Å². The smallest absolute Gasteiger partial charge is 0.274 e. The van der Waals surface area contributed by atoms with E-state index in [1.165, 1.54) is 12.5 Å². The van der Waals surface area contributed by atoms with Crippen LogP contribution in [0.3, 0.4) is 0 Å². The van der Waals surface area contributed by atoms with Crippen LogP contribution in [0.1, 0.15) is 21.9 Å². The summed E-state index contributed by atoms with van der Waals surface area (Å²) in [5.41, 5.74) is 3.52. The predicted octanol–water partition coefficient (Wildman–Crippen LogP) is 4.92. The van der Waals surface area contributed by atoms with Crippen molar-refractivity contribution in [2.75, 3.05) is 0 Å².